The largest absolute Gasteiger partial charge is 0.487 e. The van der Waals surface area contributed by atoms with Crippen LogP contribution in [0.3, 0.4) is 0 Å². The molecule has 1 aliphatic carbocycles. The number of nitrogens with one attached hydrogen (secondary N) is 2. The number of aromatic nitrogens is 3. The highest BCUT2D eigenvalue weighted by Gasteiger charge is 2.33. The zero-order valence-electron chi connectivity index (χ0n) is 20.7. The summed E-state index contributed by atoms with van der Waals surface area (Å²) in [6.45, 7) is 7.61. The van der Waals surface area contributed by atoms with Gasteiger partial charge in [0, 0.05) is 62.7 Å². The highest BCUT2D eigenvalue weighted by molar-refractivity contribution is 6.09. The molecule has 36 heavy (non-hydrogen) atoms. The highest BCUT2D eigenvalue weighted by atomic mass is 16.5. The molecule has 2 amide bonds. The predicted molar refractivity (Wildman–Crippen MR) is 136 cm³/mol. The first kappa shape index (κ1) is 22.8. The van der Waals surface area contributed by atoms with Crippen LogP contribution in [0.2, 0.25) is 0 Å². The number of hydrogen-bond acceptors (Lipinski definition) is 7. The number of anilines is 2. The molecule has 10 heteroatoms. The quantitative estimate of drug-likeness (QED) is 0.546. The van der Waals surface area contributed by atoms with Gasteiger partial charge >= 0.3 is 0 Å². The highest BCUT2D eigenvalue weighted by Crippen LogP contribution is 2.42. The van der Waals surface area contributed by atoms with Crippen molar-refractivity contribution in [3.05, 3.63) is 47.9 Å². The summed E-state index contributed by atoms with van der Waals surface area (Å²) in [4.78, 5) is 34.3. The van der Waals surface area contributed by atoms with Crippen LogP contribution in [0.25, 0.3) is 5.65 Å². The molecule has 10 nitrogen and oxygen atoms in total. The normalized spacial score (nSPS) is 19.1. The van der Waals surface area contributed by atoms with Crippen molar-refractivity contribution in [2.24, 2.45) is 0 Å². The molecule has 2 N–H and O–H groups in total. The molecule has 0 bridgehead atoms. The lowest BCUT2D eigenvalue weighted by atomic mass is 10.0. The number of fused-ring (bicyclic) bond motifs is 2. The standard InChI is InChI=1S/C26H31N7O3/c1-26(2)14-17-12-20(30-25(35)19-15-28-33-7-3-6-27-24(19)33)21(13-22(17)36-26)32-10-8-31(9-11-32)16-23(34)29-18-4-5-18/h3,6-7,12-13,15,18H,4-5,8-11,14,16H2,1-2H3,(H,29,34)(H,30,35). The number of nitrogens with zero attached hydrogens (tertiary/aromatic N) is 5. The lowest BCUT2D eigenvalue weighted by Gasteiger charge is -2.36. The first-order chi connectivity index (χ1) is 17.3. The van der Waals surface area contributed by atoms with Crippen LogP contribution in [0.15, 0.2) is 36.8 Å². The van der Waals surface area contributed by atoms with Gasteiger partial charge in [-0.15, -0.1) is 0 Å². The fourth-order valence-corrected chi connectivity index (χ4v) is 5.03. The molecular formula is C26H31N7O3. The summed E-state index contributed by atoms with van der Waals surface area (Å²) in [6.07, 6.45) is 7.92. The first-order valence-electron chi connectivity index (χ1n) is 12.6. The van der Waals surface area contributed by atoms with E-state index in [4.69, 9.17) is 4.74 Å². The Hall–Kier alpha value is -3.66. The van der Waals surface area contributed by atoms with Gasteiger partial charge in [0.05, 0.1) is 24.1 Å². The Kier molecular flexibility index (Phi) is 5.55. The second-order valence-electron chi connectivity index (χ2n) is 10.5. The summed E-state index contributed by atoms with van der Waals surface area (Å²) in [5.74, 6) is 0.712. The maximum atomic E-state index is 13.3. The van der Waals surface area contributed by atoms with Crippen LogP contribution in [0.4, 0.5) is 11.4 Å². The fraction of sp³-hybridized carbons (Fsp3) is 0.462. The van der Waals surface area contributed by atoms with E-state index in [2.05, 4.69) is 44.4 Å². The molecule has 0 unspecified atom stereocenters. The maximum absolute atomic E-state index is 13.3. The van der Waals surface area contributed by atoms with Gasteiger partial charge in [-0.3, -0.25) is 14.5 Å². The van der Waals surface area contributed by atoms with Crippen LogP contribution < -0.4 is 20.3 Å². The van der Waals surface area contributed by atoms with Crippen LogP contribution >= 0.6 is 0 Å². The molecule has 0 radical (unpaired) electrons. The number of carbonyl (C=O) groups excluding carboxylic acids is 2. The van der Waals surface area contributed by atoms with Crippen molar-refractivity contribution in [3.8, 4) is 5.75 Å². The lowest BCUT2D eigenvalue weighted by molar-refractivity contribution is -0.122. The predicted octanol–water partition coefficient (Wildman–Crippen LogP) is 2.10. The summed E-state index contributed by atoms with van der Waals surface area (Å²) in [5, 5.41) is 10.4. The minimum absolute atomic E-state index is 0.106. The second-order valence-corrected chi connectivity index (χ2v) is 10.5. The van der Waals surface area contributed by atoms with E-state index in [0.717, 1.165) is 68.1 Å². The molecule has 0 spiro atoms. The number of rotatable bonds is 6. The smallest absolute Gasteiger partial charge is 0.261 e. The molecule has 1 aromatic carbocycles. The number of amides is 2. The first-order valence-corrected chi connectivity index (χ1v) is 12.6. The van der Waals surface area contributed by atoms with Gasteiger partial charge < -0.3 is 20.3 Å². The zero-order chi connectivity index (χ0) is 24.9. The van der Waals surface area contributed by atoms with E-state index in [1.807, 2.05) is 12.1 Å². The summed E-state index contributed by atoms with van der Waals surface area (Å²) in [6, 6.07) is 6.23. The summed E-state index contributed by atoms with van der Waals surface area (Å²) < 4.78 is 7.80. The van der Waals surface area contributed by atoms with E-state index in [9.17, 15) is 9.59 Å². The third-order valence-electron chi connectivity index (χ3n) is 6.98. The zero-order valence-corrected chi connectivity index (χ0v) is 20.7. The van der Waals surface area contributed by atoms with Gasteiger partial charge in [0.2, 0.25) is 5.91 Å². The molecular weight excluding hydrogens is 458 g/mol. The van der Waals surface area contributed by atoms with Crippen molar-refractivity contribution >= 4 is 28.8 Å². The van der Waals surface area contributed by atoms with E-state index >= 15 is 0 Å². The molecule has 2 aliphatic heterocycles. The third kappa shape index (κ3) is 4.60. The van der Waals surface area contributed by atoms with Gasteiger partial charge in [0.25, 0.3) is 5.91 Å². The van der Waals surface area contributed by atoms with Gasteiger partial charge in [-0.2, -0.15) is 5.10 Å². The van der Waals surface area contributed by atoms with E-state index < -0.39 is 0 Å². The molecule has 1 saturated carbocycles. The number of piperazine rings is 1. The Morgan fingerprint density at radius 2 is 1.97 bits per heavy atom. The van der Waals surface area contributed by atoms with Gasteiger partial charge in [-0.05, 0) is 38.8 Å². The number of ether oxygens (including phenoxy) is 1. The average molecular weight is 490 g/mol. The van der Waals surface area contributed by atoms with Gasteiger partial charge in [0.1, 0.15) is 16.9 Å². The number of hydrogen-bond donors (Lipinski definition) is 2. The topological polar surface area (TPSA) is 104 Å². The van der Waals surface area contributed by atoms with E-state index in [1.54, 1.807) is 29.2 Å². The fourth-order valence-electron chi connectivity index (χ4n) is 5.03. The molecule has 2 aromatic heterocycles. The SMILES string of the molecule is CC1(C)Cc2cc(NC(=O)c3cnn4cccnc34)c(N3CCN(CC(=O)NC4CC4)CC3)cc2O1. The summed E-state index contributed by atoms with van der Waals surface area (Å²) in [7, 11) is 0. The molecule has 4 heterocycles. The van der Waals surface area contributed by atoms with Crippen molar-refractivity contribution in [3.63, 3.8) is 0 Å². The van der Waals surface area contributed by atoms with Crippen molar-refractivity contribution in [2.75, 3.05) is 42.9 Å². The summed E-state index contributed by atoms with van der Waals surface area (Å²) in [5.41, 5.74) is 3.39. The van der Waals surface area contributed by atoms with Crippen LogP contribution in [0.5, 0.6) is 5.75 Å². The van der Waals surface area contributed by atoms with Gasteiger partial charge in [-0.1, -0.05) is 0 Å². The Morgan fingerprint density at radius 3 is 2.75 bits per heavy atom. The van der Waals surface area contributed by atoms with Crippen LogP contribution in [-0.4, -0.2) is 75.7 Å². The molecule has 1 saturated heterocycles. The van der Waals surface area contributed by atoms with Crippen LogP contribution in [-0.2, 0) is 11.2 Å². The molecule has 188 valence electrons. The van der Waals surface area contributed by atoms with Crippen LogP contribution in [0.1, 0.15) is 42.6 Å². The molecule has 3 aliphatic rings. The Labute approximate surface area is 209 Å². The lowest BCUT2D eigenvalue weighted by Crippen LogP contribution is -2.49. The second kappa shape index (κ2) is 8.77. The molecule has 2 fully saturated rings. The third-order valence-corrected chi connectivity index (χ3v) is 6.98. The minimum atomic E-state index is -0.289. The van der Waals surface area contributed by atoms with Crippen molar-refractivity contribution < 1.29 is 14.3 Å². The van der Waals surface area contributed by atoms with Crippen LogP contribution in [0, 0.1) is 0 Å². The average Bonchev–Trinajstić information content (AvgIpc) is 3.45. The van der Waals surface area contributed by atoms with E-state index in [-0.39, 0.29) is 17.4 Å². The minimum Gasteiger partial charge on any atom is -0.487 e. The Bertz CT molecular complexity index is 1320. The number of benzene rings is 1. The number of carbonyl (C=O) groups is 2. The van der Waals surface area contributed by atoms with E-state index in [0.29, 0.717) is 23.8 Å². The Morgan fingerprint density at radius 1 is 1.17 bits per heavy atom. The van der Waals surface area contributed by atoms with Gasteiger partial charge in [-0.25, -0.2) is 9.50 Å². The van der Waals surface area contributed by atoms with Gasteiger partial charge in [0.15, 0.2) is 5.65 Å². The molecule has 0 atom stereocenters. The molecule has 3 aromatic rings. The monoisotopic (exact) mass is 489 g/mol. The van der Waals surface area contributed by atoms with E-state index in [1.165, 1.54) is 0 Å². The van der Waals surface area contributed by atoms with Crippen molar-refractivity contribution in [2.45, 2.75) is 44.8 Å². The Balaban J connectivity index is 1.23. The van der Waals surface area contributed by atoms with Crippen molar-refractivity contribution in [1.29, 1.82) is 0 Å². The molecule has 6 rings (SSSR count). The van der Waals surface area contributed by atoms with Crippen molar-refractivity contribution in [1.82, 2.24) is 24.8 Å². The summed E-state index contributed by atoms with van der Waals surface area (Å²) >= 11 is 0. The maximum Gasteiger partial charge on any atom is 0.261 e.